The molecule has 2 rings (SSSR count). The molecule has 1 aliphatic rings. The second-order valence-corrected chi connectivity index (χ2v) is 5.56. The quantitative estimate of drug-likeness (QED) is 0.906. The molecule has 1 aromatic carbocycles. The number of likely N-dealkylation sites (tertiary alicyclic amines) is 1. The highest BCUT2D eigenvalue weighted by atomic mass is 16.2. The van der Waals surface area contributed by atoms with Crippen LogP contribution in [0.1, 0.15) is 36.2 Å². The summed E-state index contributed by atoms with van der Waals surface area (Å²) >= 11 is 0. The monoisotopic (exact) mass is 260 g/mol. The lowest BCUT2D eigenvalue weighted by Gasteiger charge is -2.36. The molecular formula is C16H24N2O. The molecule has 2 atom stereocenters. The Balaban J connectivity index is 2.06. The first-order chi connectivity index (χ1) is 9.15. The third-order valence-corrected chi connectivity index (χ3v) is 4.31. The molecule has 19 heavy (non-hydrogen) atoms. The first-order valence-electron chi connectivity index (χ1n) is 7.24. The highest BCUT2D eigenvalue weighted by Gasteiger charge is 2.28. The van der Waals surface area contributed by atoms with Gasteiger partial charge in [-0.3, -0.25) is 4.79 Å². The highest BCUT2D eigenvalue weighted by Crippen LogP contribution is 2.23. The molecule has 1 aliphatic heterocycles. The van der Waals surface area contributed by atoms with E-state index in [0.717, 1.165) is 31.5 Å². The number of rotatable bonds is 3. The average Bonchev–Trinajstić information content (AvgIpc) is 2.47. The Morgan fingerprint density at radius 2 is 2.05 bits per heavy atom. The van der Waals surface area contributed by atoms with Gasteiger partial charge in [-0.2, -0.15) is 0 Å². The molecule has 0 radical (unpaired) electrons. The molecule has 3 nitrogen and oxygen atoms in total. The number of benzene rings is 1. The molecule has 2 unspecified atom stereocenters. The zero-order valence-electron chi connectivity index (χ0n) is 11.9. The molecule has 0 aliphatic carbocycles. The van der Waals surface area contributed by atoms with Crippen LogP contribution in [0.15, 0.2) is 24.3 Å². The van der Waals surface area contributed by atoms with E-state index in [-0.39, 0.29) is 5.91 Å². The first-order valence-corrected chi connectivity index (χ1v) is 7.24. The van der Waals surface area contributed by atoms with Gasteiger partial charge in [0.15, 0.2) is 0 Å². The van der Waals surface area contributed by atoms with Crippen molar-refractivity contribution in [2.45, 2.75) is 26.7 Å². The van der Waals surface area contributed by atoms with Gasteiger partial charge in [-0.15, -0.1) is 0 Å². The van der Waals surface area contributed by atoms with Crippen LogP contribution in [0.5, 0.6) is 0 Å². The van der Waals surface area contributed by atoms with E-state index in [1.807, 2.05) is 29.2 Å². The highest BCUT2D eigenvalue weighted by molar-refractivity contribution is 5.94. The van der Waals surface area contributed by atoms with E-state index in [1.54, 1.807) is 0 Å². The van der Waals surface area contributed by atoms with E-state index in [2.05, 4.69) is 13.8 Å². The zero-order valence-corrected chi connectivity index (χ0v) is 11.9. The molecule has 0 aromatic heterocycles. The van der Waals surface area contributed by atoms with Crippen molar-refractivity contribution in [2.24, 2.45) is 17.6 Å². The smallest absolute Gasteiger partial charge is 0.253 e. The van der Waals surface area contributed by atoms with Gasteiger partial charge in [0.2, 0.25) is 0 Å². The minimum absolute atomic E-state index is 0.146. The van der Waals surface area contributed by atoms with E-state index in [4.69, 9.17) is 5.73 Å². The third kappa shape index (κ3) is 3.16. The van der Waals surface area contributed by atoms with E-state index in [1.165, 1.54) is 5.56 Å². The van der Waals surface area contributed by atoms with Gasteiger partial charge in [-0.05, 0) is 48.9 Å². The van der Waals surface area contributed by atoms with Crippen molar-refractivity contribution in [3.05, 3.63) is 35.4 Å². The van der Waals surface area contributed by atoms with Gasteiger partial charge in [0.05, 0.1) is 0 Å². The fourth-order valence-electron chi connectivity index (χ4n) is 2.71. The summed E-state index contributed by atoms with van der Waals surface area (Å²) in [6.45, 7) is 6.67. The first kappa shape index (κ1) is 14.1. The maximum Gasteiger partial charge on any atom is 0.253 e. The Kier molecular flexibility index (Phi) is 4.59. The third-order valence-electron chi connectivity index (χ3n) is 4.31. The summed E-state index contributed by atoms with van der Waals surface area (Å²) in [4.78, 5) is 14.4. The number of hydrogen-bond donors (Lipinski definition) is 1. The van der Waals surface area contributed by atoms with Gasteiger partial charge in [-0.25, -0.2) is 0 Å². The van der Waals surface area contributed by atoms with E-state index in [0.29, 0.717) is 18.4 Å². The molecule has 104 valence electrons. The number of piperidine rings is 1. The van der Waals surface area contributed by atoms with Crippen molar-refractivity contribution < 1.29 is 4.79 Å². The Hall–Kier alpha value is -1.35. The molecule has 0 bridgehead atoms. The van der Waals surface area contributed by atoms with Crippen molar-refractivity contribution in [1.29, 1.82) is 0 Å². The second kappa shape index (κ2) is 6.20. The van der Waals surface area contributed by atoms with E-state index >= 15 is 0 Å². The fraction of sp³-hybridized carbons (Fsp3) is 0.562. The van der Waals surface area contributed by atoms with Crippen molar-refractivity contribution in [1.82, 2.24) is 4.90 Å². The number of nitrogens with zero attached hydrogens (tertiary/aromatic N) is 1. The largest absolute Gasteiger partial charge is 0.338 e. The van der Waals surface area contributed by atoms with Crippen molar-refractivity contribution in [2.75, 3.05) is 19.6 Å². The summed E-state index contributed by atoms with van der Waals surface area (Å²) in [5.74, 6) is 1.21. The topological polar surface area (TPSA) is 46.3 Å². The van der Waals surface area contributed by atoms with Crippen LogP contribution in [-0.4, -0.2) is 30.4 Å². The summed E-state index contributed by atoms with van der Waals surface area (Å²) in [5, 5.41) is 0. The molecule has 0 saturated carbocycles. The lowest BCUT2D eigenvalue weighted by molar-refractivity contribution is 0.0618. The van der Waals surface area contributed by atoms with Crippen LogP contribution in [0.4, 0.5) is 0 Å². The van der Waals surface area contributed by atoms with Gasteiger partial charge >= 0.3 is 0 Å². The lowest BCUT2D eigenvalue weighted by atomic mass is 9.87. The van der Waals surface area contributed by atoms with Crippen LogP contribution < -0.4 is 5.73 Å². The maximum atomic E-state index is 12.5. The Labute approximate surface area is 115 Å². The molecule has 1 aromatic rings. The predicted octanol–water partition coefficient (Wildman–Crippen LogP) is 2.31. The number of carbonyl (C=O) groups is 1. The van der Waals surface area contributed by atoms with Crippen LogP contribution >= 0.6 is 0 Å². The van der Waals surface area contributed by atoms with Gasteiger partial charge < -0.3 is 10.6 Å². The normalized spacial score (nSPS) is 23.4. The summed E-state index contributed by atoms with van der Waals surface area (Å²) in [7, 11) is 0. The number of nitrogens with two attached hydrogens (primary N) is 1. The van der Waals surface area contributed by atoms with Gasteiger partial charge in [0.1, 0.15) is 0 Å². The molecular weight excluding hydrogens is 236 g/mol. The van der Waals surface area contributed by atoms with Gasteiger partial charge in [-0.1, -0.05) is 26.0 Å². The van der Waals surface area contributed by atoms with Gasteiger partial charge in [0, 0.05) is 18.7 Å². The number of aryl methyl sites for hydroxylation is 1. The molecule has 0 spiro atoms. The molecule has 2 N–H and O–H groups in total. The number of carbonyl (C=O) groups excluding carboxylic acids is 1. The number of amides is 1. The average molecular weight is 260 g/mol. The van der Waals surface area contributed by atoms with Crippen LogP contribution in [0, 0.1) is 11.8 Å². The van der Waals surface area contributed by atoms with Crippen molar-refractivity contribution in [3.63, 3.8) is 0 Å². The predicted molar refractivity (Wildman–Crippen MR) is 78.0 cm³/mol. The molecule has 1 saturated heterocycles. The van der Waals surface area contributed by atoms with Crippen LogP contribution in [0.2, 0.25) is 0 Å². The van der Waals surface area contributed by atoms with Crippen LogP contribution in [0.25, 0.3) is 0 Å². The number of hydrogen-bond acceptors (Lipinski definition) is 2. The van der Waals surface area contributed by atoms with Crippen LogP contribution in [-0.2, 0) is 6.42 Å². The SMILES string of the molecule is CCc1ccc(C(=O)N2CCC(C)C(CN)C2)cc1. The lowest BCUT2D eigenvalue weighted by Crippen LogP contribution is -2.45. The fourth-order valence-corrected chi connectivity index (χ4v) is 2.71. The maximum absolute atomic E-state index is 12.5. The van der Waals surface area contributed by atoms with Gasteiger partial charge in [0.25, 0.3) is 5.91 Å². The second-order valence-electron chi connectivity index (χ2n) is 5.56. The summed E-state index contributed by atoms with van der Waals surface area (Å²) in [5.41, 5.74) is 7.86. The summed E-state index contributed by atoms with van der Waals surface area (Å²) < 4.78 is 0. The Morgan fingerprint density at radius 1 is 1.37 bits per heavy atom. The van der Waals surface area contributed by atoms with Crippen LogP contribution in [0.3, 0.4) is 0 Å². The standard InChI is InChI=1S/C16H24N2O/c1-3-13-4-6-14(7-5-13)16(19)18-9-8-12(2)15(10-17)11-18/h4-7,12,15H,3,8-11,17H2,1-2H3. The Morgan fingerprint density at radius 3 is 2.63 bits per heavy atom. The zero-order chi connectivity index (χ0) is 13.8. The summed E-state index contributed by atoms with van der Waals surface area (Å²) in [6.07, 6.45) is 2.06. The van der Waals surface area contributed by atoms with Crippen molar-refractivity contribution in [3.8, 4) is 0 Å². The molecule has 3 heteroatoms. The molecule has 1 heterocycles. The molecule has 1 amide bonds. The minimum atomic E-state index is 0.146. The summed E-state index contributed by atoms with van der Waals surface area (Å²) in [6, 6.07) is 7.97. The Bertz CT molecular complexity index is 427. The van der Waals surface area contributed by atoms with E-state index < -0.39 is 0 Å². The van der Waals surface area contributed by atoms with Crippen molar-refractivity contribution >= 4 is 5.91 Å². The minimum Gasteiger partial charge on any atom is -0.338 e. The van der Waals surface area contributed by atoms with E-state index in [9.17, 15) is 4.79 Å². The molecule has 1 fully saturated rings.